The van der Waals surface area contributed by atoms with Gasteiger partial charge in [-0.15, -0.1) is 11.8 Å². The molecule has 0 spiro atoms. The van der Waals surface area contributed by atoms with Crippen LogP contribution in [0.4, 0.5) is 0 Å². The Hall–Kier alpha value is -1.42. The summed E-state index contributed by atoms with van der Waals surface area (Å²) in [6.45, 7) is 2.18. The molecule has 0 saturated heterocycles. The van der Waals surface area contributed by atoms with E-state index in [1.54, 1.807) is 11.8 Å². The van der Waals surface area contributed by atoms with Gasteiger partial charge < -0.3 is 9.47 Å². The summed E-state index contributed by atoms with van der Waals surface area (Å²) in [5.74, 6) is 1.95. The van der Waals surface area contributed by atoms with Crippen molar-refractivity contribution >= 4 is 17.5 Å². The highest BCUT2D eigenvalue weighted by Gasteiger charge is 2.34. The van der Waals surface area contributed by atoms with Gasteiger partial charge in [-0.25, -0.2) is 0 Å². The number of allylic oxidation sites excluding steroid dienone is 2. The van der Waals surface area contributed by atoms with E-state index in [1.807, 2.05) is 31.4 Å². The quantitative estimate of drug-likeness (QED) is 0.820. The molecule has 0 amide bonds. The summed E-state index contributed by atoms with van der Waals surface area (Å²) in [6.07, 6.45) is 2.56. The summed E-state index contributed by atoms with van der Waals surface area (Å²) in [5.41, 5.74) is 1.96. The Labute approximate surface area is 110 Å². The van der Waals surface area contributed by atoms with Crippen LogP contribution in [0.1, 0.15) is 24.8 Å². The van der Waals surface area contributed by atoms with Crippen LogP contribution in [-0.2, 0) is 4.79 Å². The van der Waals surface area contributed by atoms with Crippen molar-refractivity contribution in [2.24, 2.45) is 0 Å². The molecule has 1 aliphatic carbocycles. The van der Waals surface area contributed by atoms with E-state index in [0.29, 0.717) is 6.42 Å². The number of para-hydroxylation sites is 1. The first-order valence-corrected chi connectivity index (χ1v) is 7.11. The van der Waals surface area contributed by atoms with Crippen molar-refractivity contribution in [3.8, 4) is 11.5 Å². The van der Waals surface area contributed by atoms with Gasteiger partial charge in [0.15, 0.2) is 17.3 Å². The van der Waals surface area contributed by atoms with Gasteiger partial charge in [-0.05, 0) is 24.2 Å². The van der Waals surface area contributed by atoms with Crippen molar-refractivity contribution in [3.63, 3.8) is 0 Å². The lowest BCUT2D eigenvalue weighted by atomic mass is 9.97. The van der Waals surface area contributed by atoms with Crippen LogP contribution in [0.3, 0.4) is 0 Å². The summed E-state index contributed by atoms with van der Waals surface area (Å²) in [6, 6.07) is 5.89. The SMILES string of the molecule is CSC1=C(C)C(=O)CC1c1cccc2c1OCO2. The lowest BCUT2D eigenvalue weighted by molar-refractivity contribution is -0.115. The molecule has 0 N–H and O–H groups in total. The molecule has 1 unspecified atom stereocenters. The Morgan fingerprint density at radius 1 is 1.33 bits per heavy atom. The Bertz CT molecular complexity index is 548. The molecule has 2 aliphatic rings. The number of ether oxygens (including phenoxy) is 2. The van der Waals surface area contributed by atoms with Crippen molar-refractivity contribution < 1.29 is 14.3 Å². The minimum Gasteiger partial charge on any atom is -0.454 e. The first kappa shape index (κ1) is 11.7. The zero-order valence-electron chi connectivity index (χ0n) is 10.4. The zero-order valence-corrected chi connectivity index (χ0v) is 11.2. The zero-order chi connectivity index (χ0) is 12.7. The number of carbonyl (C=O) groups is 1. The second kappa shape index (κ2) is 4.35. The van der Waals surface area contributed by atoms with Crippen LogP contribution < -0.4 is 9.47 Å². The smallest absolute Gasteiger partial charge is 0.231 e. The molecule has 1 atom stereocenters. The van der Waals surface area contributed by atoms with Gasteiger partial charge in [-0.3, -0.25) is 4.79 Å². The number of hydrogen-bond donors (Lipinski definition) is 0. The lowest BCUT2D eigenvalue weighted by Gasteiger charge is -2.15. The first-order chi connectivity index (χ1) is 8.72. The summed E-state index contributed by atoms with van der Waals surface area (Å²) < 4.78 is 10.9. The highest BCUT2D eigenvalue weighted by atomic mass is 32.2. The minimum absolute atomic E-state index is 0.129. The molecule has 1 aromatic rings. The predicted molar refractivity (Wildman–Crippen MR) is 71.1 cm³/mol. The Morgan fingerprint density at radius 2 is 2.17 bits per heavy atom. The van der Waals surface area contributed by atoms with Crippen LogP contribution in [-0.4, -0.2) is 18.8 Å². The van der Waals surface area contributed by atoms with Gasteiger partial charge >= 0.3 is 0 Å². The van der Waals surface area contributed by atoms with Gasteiger partial charge in [0.05, 0.1) is 0 Å². The summed E-state index contributed by atoms with van der Waals surface area (Å²) in [4.78, 5) is 13.0. The maximum absolute atomic E-state index is 11.9. The third-order valence-corrected chi connectivity index (χ3v) is 4.55. The molecule has 0 bridgehead atoms. The molecule has 3 nitrogen and oxygen atoms in total. The summed E-state index contributed by atoms with van der Waals surface area (Å²) in [5, 5.41) is 0. The molecule has 1 aromatic carbocycles. The van der Waals surface area contributed by atoms with Gasteiger partial charge in [-0.1, -0.05) is 12.1 Å². The molecule has 1 heterocycles. The van der Waals surface area contributed by atoms with E-state index in [1.165, 1.54) is 0 Å². The Morgan fingerprint density at radius 3 is 2.94 bits per heavy atom. The normalized spacial score (nSPS) is 21.9. The second-order valence-electron chi connectivity index (χ2n) is 4.45. The van der Waals surface area contributed by atoms with E-state index in [9.17, 15) is 4.79 Å². The number of fused-ring (bicyclic) bond motifs is 1. The molecule has 94 valence electrons. The van der Waals surface area contributed by atoms with Gasteiger partial charge in [0.25, 0.3) is 0 Å². The van der Waals surface area contributed by atoms with E-state index < -0.39 is 0 Å². The molecule has 0 aromatic heterocycles. The van der Waals surface area contributed by atoms with Crippen LogP contribution in [0.25, 0.3) is 0 Å². The molecule has 1 aliphatic heterocycles. The van der Waals surface area contributed by atoms with Crippen LogP contribution in [0, 0.1) is 0 Å². The third kappa shape index (κ3) is 1.63. The van der Waals surface area contributed by atoms with E-state index in [4.69, 9.17) is 9.47 Å². The molecule has 0 fully saturated rings. The highest BCUT2D eigenvalue weighted by Crippen LogP contribution is 2.48. The Kier molecular flexibility index (Phi) is 2.82. The first-order valence-electron chi connectivity index (χ1n) is 5.89. The number of ketones is 1. The second-order valence-corrected chi connectivity index (χ2v) is 5.30. The van der Waals surface area contributed by atoms with Crippen LogP contribution in [0.15, 0.2) is 28.7 Å². The fraction of sp³-hybridized carbons (Fsp3) is 0.357. The molecular formula is C14H14O3S. The van der Waals surface area contributed by atoms with Gasteiger partial charge in [0, 0.05) is 23.5 Å². The summed E-state index contributed by atoms with van der Waals surface area (Å²) >= 11 is 1.66. The van der Waals surface area contributed by atoms with Gasteiger partial charge in [-0.2, -0.15) is 0 Å². The number of benzene rings is 1. The van der Waals surface area contributed by atoms with Crippen molar-refractivity contribution in [2.45, 2.75) is 19.3 Å². The third-order valence-electron chi connectivity index (χ3n) is 3.52. The minimum atomic E-state index is 0.129. The average molecular weight is 262 g/mol. The van der Waals surface area contributed by atoms with Gasteiger partial charge in [0.2, 0.25) is 6.79 Å². The molecule has 4 heteroatoms. The van der Waals surface area contributed by atoms with Crippen molar-refractivity contribution in [2.75, 3.05) is 13.0 Å². The number of thioether (sulfide) groups is 1. The topological polar surface area (TPSA) is 35.5 Å². The average Bonchev–Trinajstić information content (AvgIpc) is 2.95. The Balaban J connectivity index is 2.07. The van der Waals surface area contributed by atoms with Crippen molar-refractivity contribution in [1.82, 2.24) is 0 Å². The number of rotatable bonds is 2. The maximum Gasteiger partial charge on any atom is 0.231 e. The predicted octanol–water partition coefficient (Wildman–Crippen LogP) is 3.11. The fourth-order valence-electron chi connectivity index (χ4n) is 2.60. The van der Waals surface area contributed by atoms with E-state index in [2.05, 4.69) is 0 Å². The van der Waals surface area contributed by atoms with E-state index in [-0.39, 0.29) is 18.5 Å². The maximum atomic E-state index is 11.9. The van der Waals surface area contributed by atoms with Crippen LogP contribution in [0.2, 0.25) is 0 Å². The van der Waals surface area contributed by atoms with Crippen LogP contribution >= 0.6 is 11.8 Å². The monoisotopic (exact) mass is 262 g/mol. The standard InChI is InChI=1S/C14H14O3S/c1-8-11(15)6-10(14(8)18-2)9-4-3-5-12-13(9)17-7-16-12/h3-5,10H,6-7H2,1-2H3. The van der Waals surface area contributed by atoms with Crippen LogP contribution in [0.5, 0.6) is 11.5 Å². The highest BCUT2D eigenvalue weighted by molar-refractivity contribution is 8.02. The van der Waals surface area contributed by atoms with Gasteiger partial charge in [0.1, 0.15) is 0 Å². The molecule has 0 radical (unpaired) electrons. The molecule has 18 heavy (non-hydrogen) atoms. The van der Waals surface area contributed by atoms with Crippen molar-refractivity contribution in [3.05, 3.63) is 34.2 Å². The molecule has 0 saturated carbocycles. The van der Waals surface area contributed by atoms with Crippen molar-refractivity contribution in [1.29, 1.82) is 0 Å². The summed E-state index contributed by atoms with van der Waals surface area (Å²) in [7, 11) is 0. The molecule has 3 rings (SSSR count). The molecular weight excluding hydrogens is 248 g/mol. The fourth-order valence-corrected chi connectivity index (χ4v) is 3.52. The number of carbonyl (C=O) groups excluding carboxylic acids is 1. The largest absolute Gasteiger partial charge is 0.454 e. The number of Topliss-reactive ketones (excluding diaryl/α,β-unsaturated/α-hetero) is 1. The van der Waals surface area contributed by atoms with E-state index >= 15 is 0 Å². The van der Waals surface area contributed by atoms with E-state index in [0.717, 1.165) is 27.5 Å². The lowest BCUT2D eigenvalue weighted by Crippen LogP contribution is -2.00. The number of hydrogen-bond acceptors (Lipinski definition) is 4.